The lowest BCUT2D eigenvalue weighted by Crippen LogP contribution is -2.50. The van der Waals surface area contributed by atoms with Crippen LogP contribution in [0.1, 0.15) is 44.2 Å². The molecule has 0 radical (unpaired) electrons. The Hall–Kier alpha value is -3.26. The van der Waals surface area contributed by atoms with Crippen molar-refractivity contribution in [2.75, 3.05) is 43.1 Å². The lowest BCUT2D eigenvalue weighted by atomic mass is 10.1. The van der Waals surface area contributed by atoms with Crippen LogP contribution in [0, 0.1) is 13.8 Å². The number of hydrogen-bond acceptors (Lipinski definition) is 7. The molecule has 1 unspecified atom stereocenters. The van der Waals surface area contributed by atoms with E-state index >= 15 is 0 Å². The van der Waals surface area contributed by atoms with Gasteiger partial charge in [-0.1, -0.05) is 18.2 Å². The highest BCUT2D eigenvalue weighted by atomic mass is 16.6. The molecule has 0 bridgehead atoms. The largest absolute Gasteiger partial charge is 0.491 e. The van der Waals surface area contributed by atoms with Gasteiger partial charge in [0, 0.05) is 19.5 Å². The number of nitrogens with zero attached hydrogens (tertiary/aromatic N) is 1. The SMILES string of the molecule is CCOC(=O)COc1ccc(N(C(C)=O)C2CCCCN2)c(NCCOc2c(C)cccc2C)c1. The number of aryl methyl sites for hydroxylation is 2. The molecule has 2 aromatic carbocycles. The Morgan fingerprint density at radius 1 is 1.11 bits per heavy atom. The molecule has 8 heteroatoms. The van der Waals surface area contributed by atoms with E-state index in [1.54, 1.807) is 24.8 Å². The maximum absolute atomic E-state index is 12.7. The van der Waals surface area contributed by atoms with Gasteiger partial charge in [0.1, 0.15) is 18.1 Å². The van der Waals surface area contributed by atoms with Gasteiger partial charge in [-0.25, -0.2) is 4.79 Å². The molecule has 3 rings (SSSR count). The quantitative estimate of drug-likeness (QED) is 0.366. The third kappa shape index (κ3) is 7.36. The summed E-state index contributed by atoms with van der Waals surface area (Å²) in [6.07, 6.45) is 2.98. The average molecular weight is 484 g/mol. The summed E-state index contributed by atoms with van der Waals surface area (Å²) in [5.41, 5.74) is 3.67. The number of piperidine rings is 1. The van der Waals surface area contributed by atoms with Crippen LogP contribution in [-0.4, -0.2) is 51.0 Å². The molecule has 190 valence electrons. The Morgan fingerprint density at radius 2 is 1.89 bits per heavy atom. The van der Waals surface area contributed by atoms with Gasteiger partial charge in [-0.3, -0.25) is 15.0 Å². The molecule has 1 fully saturated rings. The highest BCUT2D eigenvalue weighted by molar-refractivity contribution is 5.96. The van der Waals surface area contributed by atoms with E-state index in [1.807, 2.05) is 44.2 Å². The molecule has 1 amide bonds. The molecule has 35 heavy (non-hydrogen) atoms. The van der Waals surface area contributed by atoms with E-state index < -0.39 is 5.97 Å². The Labute approximate surface area is 207 Å². The summed E-state index contributed by atoms with van der Waals surface area (Å²) >= 11 is 0. The first-order valence-electron chi connectivity index (χ1n) is 12.3. The molecule has 0 aromatic heterocycles. The Kier molecular flexibility index (Phi) is 9.78. The van der Waals surface area contributed by atoms with Crippen LogP contribution in [0.3, 0.4) is 0 Å². The number of carbonyl (C=O) groups is 2. The number of amides is 1. The van der Waals surface area contributed by atoms with E-state index in [0.717, 1.165) is 54.1 Å². The van der Waals surface area contributed by atoms with E-state index in [0.29, 0.717) is 25.5 Å². The smallest absolute Gasteiger partial charge is 0.344 e. The summed E-state index contributed by atoms with van der Waals surface area (Å²) in [7, 11) is 0. The molecular weight excluding hydrogens is 446 g/mol. The van der Waals surface area contributed by atoms with Gasteiger partial charge in [0.05, 0.1) is 24.1 Å². The van der Waals surface area contributed by atoms with Crippen LogP contribution in [0.2, 0.25) is 0 Å². The third-order valence-corrected chi connectivity index (χ3v) is 5.90. The molecule has 2 N–H and O–H groups in total. The molecule has 1 heterocycles. The summed E-state index contributed by atoms with van der Waals surface area (Å²) in [5.74, 6) is 0.933. The number of carbonyl (C=O) groups excluding carboxylic acids is 2. The lowest BCUT2D eigenvalue weighted by Gasteiger charge is -2.35. The molecule has 1 aliphatic rings. The first-order chi connectivity index (χ1) is 16.9. The Balaban J connectivity index is 1.77. The zero-order chi connectivity index (χ0) is 25.2. The highest BCUT2D eigenvalue weighted by Gasteiger charge is 2.26. The van der Waals surface area contributed by atoms with Crippen molar-refractivity contribution in [3.05, 3.63) is 47.5 Å². The van der Waals surface area contributed by atoms with Gasteiger partial charge < -0.3 is 19.5 Å². The molecule has 1 saturated heterocycles. The third-order valence-electron chi connectivity index (χ3n) is 5.90. The van der Waals surface area contributed by atoms with E-state index in [-0.39, 0.29) is 18.7 Å². The summed E-state index contributed by atoms with van der Waals surface area (Å²) in [6, 6.07) is 11.5. The minimum absolute atomic E-state index is 0.0422. The fraction of sp³-hybridized carbons (Fsp3) is 0.481. The van der Waals surface area contributed by atoms with E-state index in [9.17, 15) is 9.59 Å². The Morgan fingerprint density at radius 3 is 2.54 bits per heavy atom. The van der Waals surface area contributed by atoms with Gasteiger partial charge in [0.25, 0.3) is 0 Å². The number of hydrogen-bond donors (Lipinski definition) is 2. The fourth-order valence-electron chi connectivity index (χ4n) is 4.28. The number of ether oxygens (including phenoxy) is 3. The van der Waals surface area contributed by atoms with Crippen LogP contribution in [0.25, 0.3) is 0 Å². The van der Waals surface area contributed by atoms with Gasteiger partial charge in [0.2, 0.25) is 5.91 Å². The summed E-state index contributed by atoms with van der Waals surface area (Å²) in [5, 5.41) is 6.86. The zero-order valence-electron chi connectivity index (χ0n) is 21.2. The standard InChI is InChI=1S/C27H37N3O5/c1-5-33-26(32)18-35-22-12-13-24(30(21(4)31)25-11-6-7-14-29-25)23(17-22)28-15-16-34-27-19(2)9-8-10-20(27)3/h8-10,12-13,17,25,28-29H,5-7,11,14-16,18H2,1-4H3. The van der Waals surface area contributed by atoms with Gasteiger partial charge in [0.15, 0.2) is 6.61 Å². The van der Waals surface area contributed by atoms with Crippen molar-refractivity contribution in [2.24, 2.45) is 0 Å². The minimum atomic E-state index is -0.426. The maximum atomic E-state index is 12.7. The van der Waals surface area contributed by atoms with Crippen molar-refractivity contribution in [2.45, 2.75) is 53.1 Å². The van der Waals surface area contributed by atoms with Crippen molar-refractivity contribution in [1.82, 2.24) is 5.32 Å². The number of anilines is 2. The number of rotatable bonds is 11. The predicted molar refractivity (Wildman–Crippen MR) is 137 cm³/mol. The zero-order valence-corrected chi connectivity index (χ0v) is 21.2. The van der Waals surface area contributed by atoms with Gasteiger partial charge in [-0.05, 0) is 69.8 Å². The second-order valence-electron chi connectivity index (χ2n) is 8.62. The second kappa shape index (κ2) is 13.0. The molecule has 0 aliphatic carbocycles. The Bertz CT molecular complexity index is 984. The van der Waals surface area contributed by atoms with Crippen LogP contribution >= 0.6 is 0 Å². The van der Waals surface area contributed by atoms with Crippen LogP contribution in [0.4, 0.5) is 11.4 Å². The molecular formula is C27H37N3O5. The van der Waals surface area contributed by atoms with Crippen LogP contribution < -0.4 is 25.0 Å². The lowest BCUT2D eigenvalue weighted by molar-refractivity contribution is -0.145. The first-order valence-corrected chi connectivity index (χ1v) is 12.3. The summed E-state index contributed by atoms with van der Waals surface area (Å²) < 4.78 is 16.6. The van der Waals surface area contributed by atoms with E-state index in [1.165, 1.54) is 0 Å². The number of nitrogens with one attached hydrogen (secondary N) is 2. The molecule has 0 spiro atoms. The van der Waals surface area contributed by atoms with Gasteiger partial charge >= 0.3 is 5.97 Å². The highest BCUT2D eigenvalue weighted by Crippen LogP contribution is 2.33. The van der Waals surface area contributed by atoms with Crippen molar-refractivity contribution < 1.29 is 23.8 Å². The predicted octanol–water partition coefficient (Wildman–Crippen LogP) is 4.19. The number of esters is 1. The van der Waals surface area contributed by atoms with E-state index in [4.69, 9.17) is 14.2 Å². The average Bonchev–Trinajstić information content (AvgIpc) is 2.84. The normalized spacial score (nSPS) is 15.3. The minimum Gasteiger partial charge on any atom is -0.491 e. The topological polar surface area (TPSA) is 89.1 Å². The van der Waals surface area contributed by atoms with E-state index in [2.05, 4.69) is 10.6 Å². The monoisotopic (exact) mass is 483 g/mol. The van der Waals surface area contributed by atoms with Crippen LogP contribution in [0.5, 0.6) is 11.5 Å². The maximum Gasteiger partial charge on any atom is 0.344 e. The van der Waals surface area contributed by atoms with Crippen LogP contribution in [0.15, 0.2) is 36.4 Å². The van der Waals surface area contributed by atoms with Gasteiger partial charge in [-0.15, -0.1) is 0 Å². The molecule has 0 saturated carbocycles. The van der Waals surface area contributed by atoms with Crippen molar-refractivity contribution >= 4 is 23.3 Å². The van der Waals surface area contributed by atoms with Crippen molar-refractivity contribution in [3.8, 4) is 11.5 Å². The molecule has 2 aromatic rings. The second-order valence-corrected chi connectivity index (χ2v) is 8.62. The molecule has 1 atom stereocenters. The van der Waals surface area contributed by atoms with Crippen molar-refractivity contribution in [3.63, 3.8) is 0 Å². The summed E-state index contributed by atoms with van der Waals surface area (Å²) in [4.78, 5) is 26.2. The summed E-state index contributed by atoms with van der Waals surface area (Å²) in [6.45, 7) is 9.36. The number of para-hydroxylation sites is 1. The number of benzene rings is 2. The van der Waals surface area contributed by atoms with Crippen molar-refractivity contribution in [1.29, 1.82) is 0 Å². The molecule has 1 aliphatic heterocycles. The fourth-order valence-corrected chi connectivity index (χ4v) is 4.28. The molecule has 8 nitrogen and oxygen atoms in total. The first kappa shape index (κ1) is 26.3. The van der Waals surface area contributed by atoms with Gasteiger partial charge in [-0.2, -0.15) is 0 Å². The van der Waals surface area contributed by atoms with Crippen LogP contribution in [-0.2, 0) is 14.3 Å².